The lowest BCUT2D eigenvalue weighted by Gasteiger charge is -2.34. The van der Waals surface area contributed by atoms with Gasteiger partial charge in [-0.25, -0.2) is 0 Å². The summed E-state index contributed by atoms with van der Waals surface area (Å²) in [6.45, 7) is 3.61. The first-order valence-electron chi connectivity index (χ1n) is 8.89. The SMILES string of the molecule is CNCCC1CCN(C(=O)CC2OCCc3ccccc32)CC1.Cl. The number of piperidine rings is 1. The molecule has 2 aliphatic rings. The minimum atomic E-state index is -0.0607. The molecular weight excluding hydrogens is 324 g/mol. The third-order valence-electron chi connectivity index (χ3n) is 5.22. The molecule has 0 bridgehead atoms. The molecule has 1 aromatic rings. The molecule has 1 aromatic carbocycles. The van der Waals surface area contributed by atoms with Crippen LogP contribution in [0.5, 0.6) is 0 Å². The predicted molar refractivity (Wildman–Crippen MR) is 98.6 cm³/mol. The van der Waals surface area contributed by atoms with E-state index < -0.39 is 0 Å². The van der Waals surface area contributed by atoms with Gasteiger partial charge in [-0.1, -0.05) is 24.3 Å². The number of hydrogen-bond acceptors (Lipinski definition) is 3. The van der Waals surface area contributed by atoms with Crippen molar-refractivity contribution in [2.45, 2.75) is 38.2 Å². The van der Waals surface area contributed by atoms with Gasteiger partial charge >= 0.3 is 0 Å². The summed E-state index contributed by atoms with van der Waals surface area (Å²) in [5.41, 5.74) is 2.54. The van der Waals surface area contributed by atoms with Crippen LogP contribution in [0.2, 0.25) is 0 Å². The molecule has 2 aliphatic heterocycles. The van der Waals surface area contributed by atoms with Crippen LogP contribution in [0.25, 0.3) is 0 Å². The number of rotatable bonds is 5. The van der Waals surface area contributed by atoms with E-state index in [0.717, 1.165) is 51.4 Å². The molecule has 1 N–H and O–H groups in total. The summed E-state index contributed by atoms with van der Waals surface area (Å²) >= 11 is 0. The van der Waals surface area contributed by atoms with Gasteiger partial charge in [-0.2, -0.15) is 0 Å². The number of likely N-dealkylation sites (tertiary alicyclic amines) is 1. The van der Waals surface area contributed by atoms with Crippen molar-refractivity contribution in [2.75, 3.05) is 33.3 Å². The van der Waals surface area contributed by atoms with Gasteiger partial charge in [0.05, 0.1) is 19.1 Å². The van der Waals surface area contributed by atoms with Gasteiger partial charge in [0.15, 0.2) is 0 Å². The first kappa shape index (κ1) is 19.2. The highest BCUT2D eigenvalue weighted by molar-refractivity contribution is 5.85. The Morgan fingerprint density at radius 2 is 2.04 bits per heavy atom. The van der Waals surface area contributed by atoms with Crippen molar-refractivity contribution in [3.63, 3.8) is 0 Å². The number of ether oxygens (including phenoxy) is 1. The molecule has 0 saturated carbocycles. The van der Waals surface area contributed by atoms with Gasteiger partial charge in [-0.15, -0.1) is 12.4 Å². The van der Waals surface area contributed by atoms with Crippen LogP contribution in [-0.2, 0) is 16.0 Å². The molecule has 0 spiro atoms. The normalized spacial score (nSPS) is 21.0. The van der Waals surface area contributed by atoms with E-state index in [0.29, 0.717) is 6.42 Å². The molecule has 0 radical (unpaired) electrons. The molecule has 24 heavy (non-hydrogen) atoms. The maximum absolute atomic E-state index is 12.6. The van der Waals surface area contributed by atoms with Gasteiger partial charge in [0, 0.05) is 13.1 Å². The zero-order chi connectivity index (χ0) is 16.1. The summed E-state index contributed by atoms with van der Waals surface area (Å²) in [5, 5.41) is 3.22. The summed E-state index contributed by atoms with van der Waals surface area (Å²) in [6, 6.07) is 8.37. The predicted octanol–water partition coefficient (Wildman–Crippen LogP) is 2.96. The fourth-order valence-electron chi connectivity index (χ4n) is 3.75. The highest BCUT2D eigenvalue weighted by Crippen LogP contribution is 2.30. The zero-order valence-corrected chi connectivity index (χ0v) is 15.3. The van der Waals surface area contributed by atoms with Crippen molar-refractivity contribution in [1.82, 2.24) is 10.2 Å². The summed E-state index contributed by atoms with van der Waals surface area (Å²) < 4.78 is 5.88. The Bertz CT molecular complexity index is 530. The number of carbonyl (C=O) groups is 1. The van der Waals surface area contributed by atoms with E-state index in [9.17, 15) is 4.79 Å². The highest BCUT2D eigenvalue weighted by Gasteiger charge is 2.27. The fraction of sp³-hybridized carbons (Fsp3) is 0.632. The number of benzene rings is 1. The molecule has 4 nitrogen and oxygen atoms in total. The first-order valence-corrected chi connectivity index (χ1v) is 8.89. The number of halogens is 1. The molecule has 3 rings (SSSR count). The molecule has 1 saturated heterocycles. The third-order valence-corrected chi connectivity index (χ3v) is 5.22. The average Bonchev–Trinajstić information content (AvgIpc) is 2.60. The average molecular weight is 353 g/mol. The molecule has 1 amide bonds. The molecule has 0 aromatic heterocycles. The minimum absolute atomic E-state index is 0. The standard InChI is InChI=1S/C19H28N2O2.ClH/c1-20-10-6-15-7-11-21(12-8-15)19(22)14-18-17-5-3-2-4-16(17)9-13-23-18;/h2-5,15,18,20H,6-14H2,1H3;1H. The Balaban J connectivity index is 0.00000208. The van der Waals surface area contributed by atoms with Gasteiger partial charge in [-0.3, -0.25) is 4.79 Å². The van der Waals surface area contributed by atoms with Crippen LogP contribution in [0.15, 0.2) is 24.3 Å². The smallest absolute Gasteiger partial charge is 0.225 e. The maximum atomic E-state index is 12.6. The Labute approximate surface area is 151 Å². The van der Waals surface area contributed by atoms with E-state index in [1.807, 2.05) is 18.0 Å². The van der Waals surface area contributed by atoms with Crippen molar-refractivity contribution in [1.29, 1.82) is 0 Å². The van der Waals surface area contributed by atoms with Crippen molar-refractivity contribution >= 4 is 18.3 Å². The van der Waals surface area contributed by atoms with E-state index in [1.165, 1.54) is 17.5 Å². The fourth-order valence-corrected chi connectivity index (χ4v) is 3.75. The third kappa shape index (κ3) is 4.71. The van der Waals surface area contributed by atoms with Crippen LogP contribution in [0.4, 0.5) is 0 Å². The van der Waals surface area contributed by atoms with Crippen molar-refractivity contribution in [2.24, 2.45) is 5.92 Å². The largest absolute Gasteiger partial charge is 0.373 e. The number of hydrogen-bond donors (Lipinski definition) is 1. The monoisotopic (exact) mass is 352 g/mol. The summed E-state index contributed by atoms with van der Waals surface area (Å²) in [7, 11) is 2.00. The first-order chi connectivity index (χ1) is 11.3. The minimum Gasteiger partial charge on any atom is -0.373 e. The summed E-state index contributed by atoms with van der Waals surface area (Å²) in [6.07, 6.45) is 4.87. The maximum Gasteiger partial charge on any atom is 0.225 e. The zero-order valence-electron chi connectivity index (χ0n) is 14.5. The van der Waals surface area contributed by atoms with Crippen molar-refractivity contribution in [3.8, 4) is 0 Å². The highest BCUT2D eigenvalue weighted by atomic mass is 35.5. The van der Waals surface area contributed by atoms with Crippen LogP contribution in [0, 0.1) is 5.92 Å². The van der Waals surface area contributed by atoms with E-state index in [2.05, 4.69) is 23.5 Å². The van der Waals surface area contributed by atoms with Crippen LogP contribution >= 0.6 is 12.4 Å². The van der Waals surface area contributed by atoms with Crippen molar-refractivity contribution in [3.05, 3.63) is 35.4 Å². The lowest BCUT2D eigenvalue weighted by Crippen LogP contribution is -2.40. The summed E-state index contributed by atoms with van der Waals surface area (Å²) in [5.74, 6) is 1.01. The van der Waals surface area contributed by atoms with Crippen LogP contribution in [0.3, 0.4) is 0 Å². The topological polar surface area (TPSA) is 41.6 Å². The Kier molecular flexibility index (Phi) is 7.53. The van der Waals surface area contributed by atoms with Crippen LogP contribution < -0.4 is 5.32 Å². The second-order valence-electron chi connectivity index (χ2n) is 6.73. The number of amides is 1. The summed E-state index contributed by atoms with van der Waals surface area (Å²) in [4.78, 5) is 14.7. The van der Waals surface area contributed by atoms with E-state index in [4.69, 9.17) is 4.74 Å². The number of nitrogens with zero attached hydrogens (tertiary/aromatic N) is 1. The molecule has 134 valence electrons. The van der Waals surface area contributed by atoms with Crippen molar-refractivity contribution < 1.29 is 9.53 Å². The van der Waals surface area contributed by atoms with E-state index >= 15 is 0 Å². The van der Waals surface area contributed by atoms with Crippen LogP contribution in [0.1, 0.15) is 42.9 Å². The molecule has 1 fully saturated rings. The van der Waals surface area contributed by atoms with Gasteiger partial charge in [0.2, 0.25) is 5.91 Å². The molecule has 2 heterocycles. The van der Waals surface area contributed by atoms with Crippen LogP contribution in [-0.4, -0.2) is 44.1 Å². The molecule has 1 unspecified atom stereocenters. The second-order valence-corrected chi connectivity index (χ2v) is 6.73. The van der Waals surface area contributed by atoms with E-state index in [1.54, 1.807) is 0 Å². The van der Waals surface area contributed by atoms with Gasteiger partial charge in [0.25, 0.3) is 0 Å². The quantitative estimate of drug-likeness (QED) is 0.885. The molecule has 0 aliphatic carbocycles. The number of carbonyl (C=O) groups excluding carboxylic acids is 1. The van der Waals surface area contributed by atoms with Gasteiger partial charge in [-0.05, 0) is 56.3 Å². The second kappa shape index (κ2) is 9.40. The lowest BCUT2D eigenvalue weighted by atomic mass is 9.92. The molecular formula is C19H29ClN2O2. The molecule has 1 atom stereocenters. The Morgan fingerprint density at radius 1 is 1.29 bits per heavy atom. The number of nitrogens with one attached hydrogen (secondary N) is 1. The molecule has 5 heteroatoms. The van der Waals surface area contributed by atoms with Gasteiger partial charge < -0.3 is 15.0 Å². The van der Waals surface area contributed by atoms with Gasteiger partial charge in [0.1, 0.15) is 0 Å². The Hall–Kier alpha value is -1.10. The number of fused-ring (bicyclic) bond motifs is 1. The lowest BCUT2D eigenvalue weighted by molar-refractivity contribution is -0.136. The Morgan fingerprint density at radius 3 is 2.79 bits per heavy atom. The van der Waals surface area contributed by atoms with E-state index in [-0.39, 0.29) is 24.4 Å².